The summed E-state index contributed by atoms with van der Waals surface area (Å²) < 4.78 is 0. The van der Waals surface area contributed by atoms with E-state index in [0.717, 1.165) is 18.8 Å². The zero-order valence-electron chi connectivity index (χ0n) is 13.4. The van der Waals surface area contributed by atoms with Crippen molar-refractivity contribution in [1.29, 1.82) is 5.26 Å². The van der Waals surface area contributed by atoms with Crippen LogP contribution >= 0.6 is 0 Å². The van der Waals surface area contributed by atoms with Crippen molar-refractivity contribution in [3.05, 3.63) is 29.3 Å². The Morgan fingerprint density at radius 3 is 2.41 bits per heavy atom. The molecule has 3 nitrogen and oxygen atoms in total. The number of piperidine rings is 1. The lowest BCUT2D eigenvalue weighted by molar-refractivity contribution is 0.101. The fraction of sp³-hybridized carbons (Fsp3) is 0.579. The summed E-state index contributed by atoms with van der Waals surface area (Å²) in [6, 6.07) is 7.73. The zero-order valence-corrected chi connectivity index (χ0v) is 13.4. The van der Waals surface area contributed by atoms with Crippen molar-refractivity contribution in [2.75, 3.05) is 18.0 Å². The molecule has 0 N–H and O–H groups in total. The van der Waals surface area contributed by atoms with Crippen LogP contribution < -0.4 is 4.90 Å². The number of hydrogen-bond acceptors (Lipinski definition) is 3. The molecule has 0 bridgehead atoms. The number of carbonyl (C=O) groups is 1. The van der Waals surface area contributed by atoms with Crippen LogP contribution in [-0.4, -0.2) is 18.9 Å². The van der Waals surface area contributed by atoms with Crippen molar-refractivity contribution < 1.29 is 4.79 Å². The first-order chi connectivity index (χ1) is 10.6. The van der Waals surface area contributed by atoms with Crippen LogP contribution in [0, 0.1) is 16.7 Å². The van der Waals surface area contributed by atoms with Crippen LogP contribution in [0.25, 0.3) is 0 Å². The Bertz CT molecular complexity index is 598. The first-order valence-corrected chi connectivity index (χ1v) is 8.44. The lowest BCUT2D eigenvalue weighted by Crippen LogP contribution is -2.41. The quantitative estimate of drug-likeness (QED) is 0.764. The van der Waals surface area contributed by atoms with E-state index in [-0.39, 0.29) is 5.78 Å². The van der Waals surface area contributed by atoms with Gasteiger partial charge < -0.3 is 4.90 Å². The molecule has 1 aliphatic carbocycles. The van der Waals surface area contributed by atoms with E-state index in [4.69, 9.17) is 0 Å². The normalized spacial score (nSPS) is 20.6. The third-order valence-electron chi connectivity index (χ3n) is 5.60. The Morgan fingerprint density at radius 1 is 1.14 bits per heavy atom. The Labute approximate surface area is 132 Å². The molecule has 0 unspecified atom stereocenters. The molecule has 1 aromatic carbocycles. The maximum Gasteiger partial charge on any atom is 0.159 e. The molecule has 116 valence electrons. The Balaban J connectivity index is 1.79. The van der Waals surface area contributed by atoms with Crippen LogP contribution in [0.2, 0.25) is 0 Å². The predicted molar refractivity (Wildman–Crippen MR) is 88.1 cm³/mol. The van der Waals surface area contributed by atoms with Gasteiger partial charge in [-0.1, -0.05) is 19.3 Å². The average molecular weight is 296 g/mol. The Hall–Kier alpha value is -1.82. The number of rotatable bonds is 2. The number of Topliss-reactive ketones (excluding diaryl/α,β-unsaturated/α-hetero) is 1. The summed E-state index contributed by atoms with van der Waals surface area (Å²) in [7, 11) is 0. The lowest BCUT2D eigenvalue weighted by atomic mass is 9.68. The van der Waals surface area contributed by atoms with Crippen LogP contribution in [0.1, 0.15) is 67.8 Å². The minimum atomic E-state index is 0.0616. The minimum absolute atomic E-state index is 0.0616. The van der Waals surface area contributed by atoms with Gasteiger partial charge in [0.25, 0.3) is 0 Å². The monoisotopic (exact) mass is 296 g/mol. The van der Waals surface area contributed by atoms with Crippen LogP contribution in [0.4, 0.5) is 5.69 Å². The van der Waals surface area contributed by atoms with Gasteiger partial charge in [-0.25, -0.2) is 0 Å². The standard InChI is InChI=1S/C19H24N2O/c1-15(22)16-5-6-17(14-20)18(13-16)21-11-9-19(10-12-21)7-3-2-4-8-19/h5-6,13H,2-4,7-12H2,1H3. The van der Waals surface area contributed by atoms with Gasteiger partial charge in [0.1, 0.15) is 6.07 Å². The van der Waals surface area contributed by atoms with Crippen LogP contribution in [-0.2, 0) is 0 Å². The first-order valence-electron chi connectivity index (χ1n) is 8.44. The van der Waals surface area contributed by atoms with E-state index in [1.165, 1.54) is 44.9 Å². The molecular formula is C19H24N2O. The molecule has 1 heterocycles. The maximum atomic E-state index is 11.6. The highest BCUT2D eigenvalue weighted by molar-refractivity contribution is 5.95. The van der Waals surface area contributed by atoms with Gasteiger partial charge in [-0.3, -0.25) is 4.79 Å². The number of carbonyl (C=O) groups excluding carboxylic acids is 1. The third-order valence-corrected chi connectivity index (χ3v) is 5.60. The highest BCUT2D eigenvalue weighted by Gasteiger charge is 2.35. The minimum Gasteiger partial charge on any atom is -0.370 e. The predicted octanol–water partition coefficient (Wildman–Crippen LogP) is 4.31. The van der Waals surface area contributed by atoms with E-state index in [1.807, 2.05) is 6.07 Å². The molecule has 2 fully saturated rings. The Morgan fingerprint density at radius 2 is 1.82 bits per heavy atom. The summed E-state index contributed by atoms with van der Waals surface area (Å²) in [5, 5.41) is 9.36. The maximum absolute atomic E-state index is 11.6. The topological polar surface area (TPSA) is 44.1 Å². The molecule has 1 saturated carbocycles. The SMILES string of the molecule is CC(=O)c1ccc(C#N)c(N2CCC3(CCCCC3)CC2)c1. The van der Waals surface area contributed by atoms with Crippen LogP contribution in [0.15, 0.2) is 18.2 Å². The fourth-order valence-electron chi connectivity index (χ4n) is 4.13. The summed E-state index contributed by atoms with van der Waals surface area (Å²) in [6.45, 7) is 3.60. The summed E-state index contributed by atoms with van der Waals surface area (Å²) in [6.07, 6.45) is 9.35. The molecule has 3 heteroatoms. The van der Waals surface area contributed by atoms with E-state index < -0.39 is 0 Å². The molecule has 1 spiro atoms. The van der Waals surface area contributed by atoms with Gasteiger partial charge in [-0.05, 0) is 56.2 Å². The molecular weight excluding hydrogens is 272 g/mol. The molecule has 0 aromatic heterocycles. The van der Waals surface area contributed by atoms with E-state index in [1.54, 1.807) is 19.1 Å². The number of nitriles is 1. The number of hydrogen-bond donors (Lipinski definition) is 0. The number of anilines is 1. The molecule has 22 heavy (non-hydrogen) atoms. The fourth-order valence-corrected chi connectivity index (χ4v) is 4.13. The van der Waals surface area contributed by atoms with E-state index in [2.05, 4.69) is 11.0 Å². The van der Waals surface area contributed by atoms with E-state index >= 15 is 0 Å². The van der Waals surface area contributed by atoms with Crippen molar-refractivity contribution in [3.63, 3.8) is 0 Å². The van der Waals surface area contributed by atoms with Gasteiger partial charge in [-0.15, -0.1) is 0 Å². The molecule has 0 atom stereocenters. The highest BCUT2D eigenvalue weighted by atomic mass is 16.1. The van der Waals surface area contributed by atoms with Gasteiger partial charge in [-0.2, -0.15) is 5.26 Å². The molecule has 1 saturated heterocycles. The molecule has 2 aliphatic rings. The molecule has 1 aliphatic heterocycles. The van der Waals surface area contributed by atoms with E-state index in [9.17, 15) is 10.1 Å². The smallest absolute Gasteiger partial charge is 0.159 e. The molecule has 0 radical (unpaired) electrons. The van der Waals surface area contributed by atoms with Crippen LogP contribution in [0.3, 0.4) is 0 Å². The van der Waals surface area contributed by atoms with Crippen molar-refractivity contribution in [1.82, 2.24) is 0 Å². The van der Waals surface area contributed by atoms with Crippen molar-refractivity contribution in [2.45, 2.75) is 51.9 Å². The van der Waals surface area contributed by atoms with E-state index in [0.29, 0.717) is 16.5 Å². The van der Waals surface area contributed by atoms with Gasteiger partial charge in [0.05, 0.1) is 11.3 Å². The van der Waals surface area contributed by atoms with Crippen molar-refractivity contribution >= 4 is 11.5 Å². The molecule has 0 amide bonds. The Kier molecular flexibility index (Phi) is 4.20. The van der Waals surface area contributed by atoms with Crippen LogP contribution in [0.5, 0.6) is 0 Å². The van der Waals surface area contributed by atoms with Crippen molar-refractivity contribution in [3.8, 4) is 6.07 Å². The van der Waals surface area contributed by atoms with Gasteiger partial charge >= 0.3 is 0 Å². The number of ketones is 1. The summed E-state index contributed by atoms with van der Waals surface area (Å²) in [4.78, 5) is 13.9. The largest absolute Gasteiger partial charge is 0.370 e. The molecule has 1 aromatic rings. The summed E-state index contributed by atoms with van der Waals surface area (Å²) >= 11 is 0. The second-order valence-corrected chi connectivity index (χ2v) is 6.95. The second kappa shape index (κ2) is 6.12. The zero-order chi connectivity index (χ0) is 15.6. The second-order valence-electron chi connectivity index (χ2n) is 6.95. The summed E-state index contributed by atoms with van der Waals surface area (Å²) in [5.74, 6) is 0.0616. The van der Waals surface area contributed by atoms with Gasteiger partial charge in [0, 0.05) is 18.7 Å². The number of benzene rings is 1. The first kappa shape index (κ1) is 15.1. The highest BCUT2D eigenvalue weighted by Crippen LogP contribution is 2.45. The third kappa shape index (κ3) is 2.88. The van der Waals surface area contributed by atoms with Gasteiger partial charge in [0.2, 0.25) is 0 Å². The van der Waals surface area contributed by atoms with Gasteiger partial charge in [0.15, 0.2) is 5.78 Å². The molecule has 3 rings (SSSR count). The summed E-state index contributed by atoms with van der Waals surface area (Å²) in [5.41, 5.74) is 2.89. The average Bonchev–Trinajstić information content (AvgIpc) is 2.56. The number of nitrogens with zero attached hydrogens (tertiary/aromatic N) is 2. The van der Waals surface area contributed by atoms with Crippen molar-refractivity contribution in [2.24, 2.45) is 5.41 Å². The lowest BCUT2D eigenvalue weighted by Gasteiger charge is -2.45.